The third-order valence-electron chi connectivity index (χ3n) is 3.63. The fourth-order valence-corrected chi connectivity index (χ4v) is 2.79. The lowest BCUT2D eigenvalue weighted by Gasteiger charge is -2.29. The Morgan fingerprint density at radius 1 is 1.56 bits per heavy atom. The summed E-state index contributed by atoms with van der Waals surface area (Å²) in [6.45, 7) is 7.16. The number of ether oxygens (including phenoxy) is 1. The third-order valence-corrected chi connectivity index (χ3v) is 3.63. The largest absolute Gasteiger partial charge is 0.374 e. The second-order valence-corrected chi connectivity index (χ2v) is 5.68. The zero-order valence-corrected chi connectivity index (χ0v) is 10.5. The average Bonchev–Trinajstić information content (AvgIpc) is 2.73. The van der Waals surface area contributed by atoms with Gasteiger partial charge in [0.25, 0.3) is 0 Å². The molecule has 3 atom stereocenters. The first kappa shape index (κ1) is 11.7. The van der Waals surface area contributed by atoms with Gasteiger partial charge in [-0.3, -0.25) is 4.99 Å². The number of fused-ring (bicyclic) bond motifs is 2. The van der Waals surface area contributed by atoms with Crippen molar-refractivity contribution in [2.45, 2.75) is 58.3 Å². The highest BCUT2D eigenvalue weighted by molar-refractivity contribution is 5.78. The Labute approximate surface area is 97.6 Å². The zero-order chi connectivity index (χ0) is 11.8. The first-order valence-electron chi connectivity index (χ1n) is 6.21. The molecule has 0 saturated carbocycles. The molecule has 3 unspecified atom stereocenters. The number of hydrogen-bond donors (Lipinski definition) is 2. The van der Waals surface area contributed by atoms with E-state index in [1.165, 1.54) is 12.8 Å². The Kier molecular flexibility index (Phi) is 3.10. The molecule has 4 heteroatoms. The maximum Gasteiger partial charge on any atom is 0.188 e. The van der Waals surface area contributed by atoms with E-state index in [-0.39, 0.29) is 5.41 Å². The molecule has 2 fully saturated rings. The minimum atomic E-state index is 0.201. The summed E-state index contributed by atoms with van der Waals surface area (Å²) < 4.78 is 5.87. The number of aliphatic imine (C=N–C) groups is 1. The molecule has 0 radical (unpaired) electrons. The van der Waals surface area contributed by atoms with Gasteiger partial charge in [-0.25, -0.2) is 0 Å². The van der Waals surface area contributed by atoms with Crippen LogP contribution in [0.2, 0.25) is 0 Å². The normalized spacial score (nSPS) is 38.4. The fourth-order valence-electron chi connectivity index (χ4n) is 2.79. The van der Waals surface area contributed by atoms with Gasteiger partial charge < -0.3 is 15.8 Å². The first-order chi connectivity index (χ1) is 7.49. The van der Waals surface area contributed by atoms with E-state index in [0.29, 0.717) is 24.2 Å². The molecule has 4 nitrogen and oxygen atoms in total. The molecule has 2 rings (SSSR count). The Morgan fingerprint density at radius 3 is 2.81 bits per heavy atom. The maximum absolute atomic E-state index is 5.87. The summed E-state index contributed by atoms with van der Waals surface area (Å²) in [6.07, 6.45) is 4.42. The maximum atomic E-state index is 5.87. The molecule has 0 aliphatic carbocycles. The van der Waals surface area contributed by atoms with Crippen molar-refractivity contribution >= 4 is 5.96 Å². The van der Waals surface area contributed by atoms with Crippen LogP contribution in [0.5, 0.6) is 0 Å². The van der Waals surface area contributed by atoms with Gasteiger partial charge in [0.1, 0.15) is 0 Å². The SMILES string of the molecule is CC(C)NC(N)=NCC1(C)CC2CCC1O2. The van der Waals surface area contributed by atoms with Crippen molar-refractivity contribution in [3.05, 3.63) is 0 Å². The van der Waals surface area contributed by atoms with Gasteiger partial charge in [0, 0.05) is 11.5 Å². The Morgan fingerprint density at radius 2 is 2.31 bits per heavy atom. The Bertz CT molecular complexity index is 290. The number of nitrogens with zero attached hydrogens (tertiary/aromatic N) is 1. The van der Waals surface area contributed by atoms with Crippen molar-refractivity contribution in [2.75, 3.05) is 6.54 Å². The highest BCUT2D eigenvalue weighted by Gasteiger charge is 2.49. The topological polar surface area (TPSA) is 59.6 Å². The average molecular weight is 225 g/mol. The zero-order valence-electron chi connectivity index (χ0n) is 10.5. The van der Waals surface area contributed by atoms with Crippen LogP contribution < -0.4 is 11.1 Å². The van der Waals surface area contributed by atoms with Gasteiger partial charge in [0.15, 0.2) is 5.96 Å². The van der Waals surface area contributed by atoms with Crippen LogP contribution in [0.1, 0.15) is 40.0 Å². The van der Waals surface area contributed by atoms with E-state index in [2.05, 4.69) is 31.1 Å². The molecule has 16 heavy (non-hydrogen) atoms. The molecule has 0 aromatic heterocycles. The lowest BCUT2D eigenvalue weighted by atomic mass is 9.76. The number of guanidine groups is 1. The molecule has 0 spiro atoms. The summed E-state index contributed by atoms with van der Waals surface area (Å²) in [5, 5.41) is 3.11. The van der Waals surface area contributed by atoms with E-state index < -0.39 is 0 Å². The van der Waals surface area contributed by atoms with Crippen LogP contribution in [-0.4, -0.2) is 30.8 Å². The number of nitrogens with two attached hydrogens (primary N) is 1. The molecule has 0 aromatic carbocycles. The van der Waals surface area contributed by atoms with E-state index in [4.69, 9.17) is 10.5 Å². The fraction of sp³-hybridized carbons (Fsp3) is 0.917. The lowest BCUT2D eigenvalue weighted by Crippen LogP contribution is -2.39. The molecule has 2 saturated heterocycles. The summed E-state index contributed by atoms with van der Waals surface area (Å²) in [5.41, 5.74) is 6.01. The molecule has 3 N–H and O–H groups in total. The van der Waals surface area contributed by atoms with Gasteiger partial charge >= 0.3 is 0 Å². The summed E-state index contributed by atoms with van der Waals surface area (Å²) in [4.78, 5) is 4.44. The summed E-state index contributed by atoms with van der Waals surface area (Å²) in [6, 6.07) is 0.341. The van der Waals surface area contributed by atoms with Crippen LogP contribution in [0.4, 0.5) is 0 Å². The molecule has 0 amide bonds. The van der Waals surface area contributed by atoms with Gasteiger partial charge in [-0.05, 0) is 33.1 Å². The van der Waals surface area contributed by atoms with Crippen molar-refractivity contribution < 1.29 is 4.74 Å². The first-order valence-corrected chi connectivity index (χ1v) is 6.21. The van der Waals surface area contributed by atoms with Gasteiger partial charge in [0.05, 0.1) is 18.8 Å². The minimum Gasteiger partial charge on any atom is -0.374 e. The molecule has 2 aliphatic rings. The number of rotatable bonds is 3. The molecule has 2 aliphatic heterocycles. The lowest BCUT2D eigenvalue weighted by molar-refractivity contribution is 0.0706. The second kappa shape index (κ2) is 4.24. The van der Waals surface area contributed by atoms with E-state index in [0.717, 1.165) is 13.0 Å². The van der Waals surface area contributed by atoms with Crippen molar-refractivity contribution in [2.24, 2.45) is 16.1 Å². The van der Waals surface area contributed by atoms with E-state index in [1.807, 2.05) is 0 Å². The van der Waals surface area contributed by atoms with Crippen LogP contribution >= 0.6 is 0 Å². The summed E-state index contributed by atoms with van der Waals surface area (Å²) in [5.74, 6) is 0.555. The van der Waals surface area contributed by atoms with Gasteiger partial charge in [-0.15, -0.1) is 0 Å². The van der Waals surface area contributed by atoms with Crippen LogP contribution in [0, 0.1) is 5.41 Å². The van der Waals surface area contributed by atoms with Crippen LogP contribution in [-0.2, 0) is 4.74 Å². The molecule has 2 bridgehead atoms. The highest BCUT2D eigenvalue weighted by Crippen LogP contribution is 2.47. The number of hydrogen-bond acceptors (Lipinski definition) is 2. The summed E-state index contributed by atoms with van der Waals surface area (Å²) in [7, 11) is 0. The molecule has 92 valence electrons. The van der Waals surface area contributed by atoms with Crippen molar-refractivity contribution in [3.8, 4) is 0 Å². The predicted molar refractivity (Wildman–Crippen MR) is 65.4 cm³/mol. The van der Waals surface area contributed by atoms with Crippen molar-refractivity contribution in [1.29, 1.82) is 0 Å². The standard InChI is InChI=1S/C12H23N3O/c1-8(2)15-11(13)14-7-12(3)6-9-4-5-10(12)16-9/h8-10H,4-7H2,1-3H3,(H3,13,14,15). The van der Waals surface area contributed by atoms with Crippen molar-refractivity contribution in [3.63, 3.8) is 0 Å². The molecular formula is C12H23N3O. The smallest absolute Gasteiger partial charge is 0.188 e. The van der Waals surface area contributed by atoms with Crippen LogP contribution in [0.15, 0.2) is 4.99 Å². The highest BCUT2D eigenvalue weighted by atomic mass is 16.5. The third kappa shape index (κ3) is 2.32. The Hall–Kier alpha value is -0.770. The van der Waals surface area contributed by atoms with Gasteiger partial charge in [-0.2, -0.15) is 0 Å². The van der Waals surface area contributed by atoms with E-state index >= 15 is 0 Å². The van der Waals surface area contributed by atoms with Crippen molar-refractivity contribution in [1.82, 2.24) is 5.32 Å². The predicted octanol–water partition coefficient (Wildman–Crippen LogP) is 1.26. The minimum absolute atomic E-state index is 0.201. The van der Waals surface area contributed by atoms with E-state index in [1.54, 1.807) is 0 Å². The van der Waals surface area contributed by atoms with Gasteiger partial charge in [0.2, 0.25) is 0 Å². The molecule has 0 aromatic rings. The number of nitrogens with one attached hydrogen (secondary N) is 1. The Balaban J connectivity index is 1.90. The van der Waals surface area contributed by atoms with Crippen LogP contribution in [0.3, 0.4) is 0 Å². The monoisotopic (exact) mass is 225 g/mol. The molecule has 2 heterocycles. The van der Waals surface area contributed by atoms with Crippen LogP contribution in [0.25, 0.3) is 0 Å². The quantitative estimate of drug-likeness (QED) is 0.561. The molecular weight excluding hydrogens is 202 g/mol. The van der Waals surface area contributed by atoms with Gasteiger partial charge in [-0.1, -0.05) is 6.92 Å². The second-order valence-electron chi connectivity index (χ2n) is 5.68. The van der Waals surface area contributed by atoms with E-state index in [9.17, 15) is 0 Å². The summed E-state index contributed by atoms with van der Waals surface area (Å²) >= 11 is 0.